The molecule has 0 radical (unpaired) electrons. The van der Waals surface area contributed by atoms with Crippen LogP contribution in [0.4, 0.5) is 0 Å². The zero-order valence-corrected chi connectivity index (χ0v) is 7.95. The van der Waals surface area contributed by atoms with Crippen LogP contribution in [0.5, 0.6) is 0 Å². The van der Waals surface area contributed by atoms with Crippen LogP contribution >= 0.6 is 22.6 Å². The molecule has 0 bridgehead atoms. The Labute approximate surface area is 79.2 Å². The van der Waals surface area contributed by atoms with Gasteiger partial charge in [0, 0.05) is 3.57 Å². The van der Waals surface area contributed by atoms with E-state index >= 15 is 0 Å². The van der Waals surface area contributed by atoms with Crippen LogP contribution in [-0.4, -0.2) is 0 Å². The second-order valence-corrected chi connectivity index (χ2v) is 3.41. The number of nitrogens with zero attached hydrogens (tertiary/aromatic N) is 1. The average Bonchev–Trinajstić information content (AvgIpc) is 2.03. The average molecular weight is 258 g/mol. The van der Waals surface area contributed by atoms with E-state index in [0.717, 1.165) is 9.13 Å². The predicted octanol–water partition coefficient (Wildman–Crippen LogP) is 1.81. The van der Waals surface area contributed by atoms with Gasteiger partial charge in [-0.1, -0.05) is 12.1 Å². The van der Waals surface area contributed by atoms with Crippen molar-refractivity contribution in [2.75, 3.05) is 0 Å². The molecule has 11 heavy (non-hydrogen) atoms. The van der Waals surface area contributed by atoms with Crippen molar-refractivity contribution >= 4 is 22.6 Å². The third-order valence-corrected chi connectivity index (χ3v) is 2.02. The van der Waals surface area contributed by atoms with Crippen LogP contribution in [0.15, 0.2) is 24.3 Å². The van der Waals surface area contributed by atoms with Gasteiger partial charge in [-0.05, 0) is 40.3 Å². The zero-order valence-electron chi connectivity index (χ0n) is 5.79. The Balaban J connectivity index is 2.98. The normalized spacial score (nSPS) is 12.1. The third kappa shape index (κ3) is 2.17. The smallest absolute Gasteiger partial charge is 0.118 e. The fourth-order valence-electron chi connectivity index (χ4n) is 0.775. The highest BCUT2D eigenvalue weighted by Gasteiger charge is 2.02. The molecular formula is C8H7IN2. The van der Waals surface area contributed by atoms with Gasteiger partial charge in [-0.25, -0.2) is 0 Å². The van der Waals surface area contributed by atoms with Crippen molar-refractivity contribution < 1.29 is 0 Å². The lowest BCUT2D eigenvalue weighted by Gasteiger charge is -2.01. The predicted molar refractivity (Wildman–Crippen MR) is 51.7 cm³/mol. The maximum Gasteiger partial charge on any atom is 0.118 e. The fraction of sp³-hybridized carbons (Fsp3) is 0.125. The van der Waals surface area contributed by atoms with Gasteiger partial charge in [0.1, 0.15) is 6.04 Å². The van der Waals surface area contributed by atoms with Gasteiger partial charge in [0.2, 0.25) is 0 Å². The molecule has 0 aliphatic carbocycles. The molecule has 0 amide bonds. The molecule has 0 aliphatic heterocycles. The molecule has 1 aromatic rings. The molecule has 1 aromatic carbocycles. The summed E-state index contributed by atoms with van der Waals surface area (Å²) in [5, 5.41) is 8.50. The SMILES string of the molecule is N#CC(N)c1cccc(I)c1. The topological polar surface area (TPSA) is 49.8 Å². The highest BCUT2D eigenvalue weighted by molar-refractivity contribution is 14.1. The van der Waals surface area contributed by atoms with Crippen LogP contribution in [0.2, 0.25) is 0 Å². The number of nitrogens with two attached hydrogens (primary N) is 1. The fourth-order valence-corrected chi connectivity index (χ4v) is 1.34. The summed E-state index contributed by atoms with van der Waals surface area (Å²) in [5.74, 6) is 0. The van der Waals surface area contributed by atoms with Crippen molar-refractivity contribution in [3.8, 4) is 6.07 Å². The molecule has 1 unspecified atom stereocenters. The second-order valence-electron chi connectivity index (χ2n) is 2.16. The highest BCUT2D eigenvalue weighted by atomic mass is 127. The first-order valence-electron chi connectivity index (χ1n) is 3.14. The Morgan fingerprint density at radius 3 is 2.82 bits per heavy atom. The van der Waals surface area contributed by atoms with Gasteiger partial charge < -0.3 is 5.73 Å². The molecule has 0 aliphatic rings. The minimum absolute atomic E-state index is 0.496. The summed E-state index contributed by atoms with van der Waals surface area (Å²) in [4.78, 5) is 0. The zero-order chi connectivity index (χ0) is 8.27. The molecular weight excluding hydrogens is 251 g/mol. The maximum atomic E-state index is 8.50. The van der Waals surface area contributed by atoms with Gasteiger partial charge in [-0.3, -0.25) is 0 Å². The van der Waals surface area contributed by atoms with Crippen LogP contribution in [0.25, 0.3) is 0 Å². The lowest BCUT2D eigenvalue weighted by Crippen LogP contribution is -2.06. The van der Waals surface area contributed by atoms with Crippen molar-refractivity contribution in [3.63, 3.8) is 0 Å². The van der Waals surface area contributed by atoms with E-state index in [2.05, 4.69) is 22.6 Å². The van der Waals surface area contributed by atoms with Gasteiger partial charge in [0.05, 0.1) is 6.07 Å². The third-order valence-electron chi connectivity index (χ3n) is 1.35. The largest absolute Gasteiger partial charge is 0.312 e. The number of benzene rings is 1. The van der Waals surface area contributed by atoms with Crippen LogP contribution in [-0.2, 0) is 0 Å². The highest BCUT2D eigenvalue weighted by Crippen LogP contribution is 2.12. The lowest BCUT2D eigenvalue weighted by molar-refractivity contribution is 0.925. The van der Waals surface area contributed by atoms with Crippen molar-refractivity contribution in [3.05, 3.63) is 33.4 Å². The summed E-state index contributed by atoms with van der Waals surface area (Å²) >= 11 is 2.19. The van der Waals surface area contributed by atoms with Gasteiger partial charge in [-0.15, -0.1) is 0 Å². The number of halogens is 1. The Hall–Kier alpha value is -0.600. The number of nitriles is 1. The number of rotatable bonds is 1. The minimum Gasteiger partial charge on any atom is -0.312 e. The van der Waals surface area contributed by atoms with E-state index in [-0.39, 0.29) is 0 Å². The van der Waals surface area contributed by atoms with Gasteiger partial charge >= 0.3 is 0 Å². The molecule has 0 saturated heterocycles. The molecule has 0 fully saturated rings. The van der Waals surface area contributed by atoms with Crippen LogP contribution in [0, 0.1) is 14.9 Å². The van der Waals surface area contributed by atoms with E-state index in [9.17, 15) is 0 Å². The second kappa shape index (κ2) is 3.69. The summed E-state index contributed by atoms with van der Waals surface area (Å²) in [6.45, 7) is 0. The van der Waals surface area contributed by atoms with Crippen LogP contribution in [0.3, 0.4) is 0 Å². The first kappa shape index (κ1) is 8.50. The van der Waals surface area contributed by atoms with Crippen molar-refractivity contribution in [2.45, 2.75) is 6.04 Å². The molecule has 0 heterocycles. The maximum absolute atomic E-state index is 8.50. The monoisotopic (exact) mass is 258 g/mol. The van der Waals surface area contributed by atoms with Gasteiger partial charge in [0.25, 0.3) is 0 Å². The quantitative estimate of drug-likeness (QED) is 0.781. The van der Waals surface area contributed by atoms with Crippen molar-refractivity contribution in [1.29, 1.82) is 5.26 Å². The standard InChI is InChI=1S/C8H7IN2/c9-7-3-1-2-6(4-7)8(11)5-10/h1-4,8H,11H2. The summed E-state index contributed by atoms with van der Waals surface area (Å²) in [5.41, 5.74) is 6.37. The van der Waals surface area contributed by atoms with Crippen LogP contribution < -0.4 is 5.73 Å². The molecule has 56 valence electrons. The first-order chi connectivity index (χ1) is 5.24. The van der Waals surface area contributed by atoms with Gasteiger partial charge in [-0.2, -0.15) is 5.26 Å². The van der Waals surface area contributed by atoms with E-state index in [1.807, 2.05) is 30.3 Å². The number of hydrogen-bond donors (Lipinski definition) is 1. The lowest BCUT2D eigenvalue weighted by atomic mass is 10.1. The Kier molecular flexibility index (Phi) is 2.85. The van der Waals surface area contributed by atoms with Crippen LogP contribution in [0.1, 0.15) is 11.6 Å². The minimum atomic E-state index is -0.496. The molecule has 2 nitrogen and oxygen atoms in total. The Morgan fingerprint density at radius 2 is 2.27 bits per heavy atom. The van der Waals surface area contributed by atoms with Crippen molar-refractivity contribution in [2.24, 2.45) is 5.73 Å². The molecule has 0 spiro atoms. The number of hydrogen-bond acceptors (Lipinski definition) is 2. The molecule has 0 saturated carbocycles. The summed E-state index contributed by atoms with van der Waals surface area (Å²) in [6, 6.07) is 9.12. The summed E-state index contributed by atoms with van der Waals surface area (Å²) in [7, 11) is 0. The van der Waals surface area contributed by atoms with E-state index in [1.165, 1.54) is 0 Å². The van der Waals surface area contributed by atoms with E-state index in [4.69, 9.17) is 11.0 Å². The molecule has 1 rings (SSSR count). The van der Waals surface area contributed by atoms with E-state index in [0.29, 0.717) is 0 Å². The molecule has 0 aromatic heterocycles. The first-order valence-corrected chi connectivity index (χ1v) is 4.22. The van der Waals surface area contributed by atoms with E-state index < -0.39 is 6.04 Å². The summed E-state index contributed by atoms with van der Waals surface area (Å²) < 4.78 is 1.10. The van der Waals surface area contributed by atoms with Gasteiger partial charge in [0.15, 0.2) is 0 Å². The molecule has 1 atom stereocenters. The molecule has 2 N–H and O–H groups in total. The summed E-state index contributed by atoms with van der Waals surface area (Å²) in [6.07, 6.45) is 0. The van der Waals surface area contributed by atoms with Crippen molar-refractivity contribution in [1.82, 2.24) is 0 Å². The Morgan fingerprint density at radius 1 is 1.55 bits per heavy atom. The Bertz CT molecular complexity index is 290. The molecule has 3 heteroatoms. The van der Waals surface area contributed by atoms with E-state index in [1.54, 1.807) is 0 Å².